The molecule has 2 aromatic heterocycles. The molecule has 21 heavy (non-hydrogen) atoms. The topological polar surface area (TPSA) is 61.3 Å². The number of nitrogens with two attached hydrogens (primary N) is 1. The Hall–Kier alpha value is -1.98. The molecule has 3 aromatic rings. The van der Waals surface area contributed by atoms with Crippen LogP contribution in [0.3, 0.4) is 0 Å². The molecule has 0 atom stereocenters. The molecule has 2 heterocycles. The van der Waals surface area contributed by atoms with Crippen LogP contribution in [0, 0.1) is 6.92 Å². The number of rotatable bonds is 3. The van der Waals surface area contributed by atoms with Gasteiger partial charge in [0.1, 0.15) is 11.4 Å². The molecule has 1 aromatic carbocycles. The first-order valence-corrected chi connectivity index (χ1v) is 7.51. The van der Waals surface area contributed by atoms with E-state index < -0.39 is 0 Å². The molecule has 0 unspecified atom stereocenters. The Bertz CT molecular complexity index is 795. The van der Waals surface area contributed by atoms with Crippen LogP contribution in [0.5, 0.6) is 5.75 Å². The normalized spacial score (nSPS) is 10.8. The fraction of sp³-hybridized carbons (Fsp3) is 0.133. The summed E-state index contributed by atoms with van der Waals surface area (Å²) in [7, 11) is 1.60. The molecule has 0 amide bonds. The van der Waals surface area contributed by atoms with E-state index in [9.17, 15) is 0 Å². The molecule has 0 spiro atoms. The largest absolute Gasteiger partial charge is 0.496 e. The van der Waals surface area contributed by atoms with Crippen LogP contribution in [0.25, 0.3) is 21.7 Å². The molecular weight excluding hydrogens is 308 g/mol. The molecule has 0 aliphatic carbocycles. The van der Waals surface area contributed by atoms with Gasteiger partial charge in [0.25, 0.3) is 0 Å². The minimum absolute atomic E-state index is 0.248. The van der Waals surface area contributed by atoms with Gasteiger partial charge in [-0.1, -0.05) is 16.8 Å². The smallest absolute Gasteiger partial charge is 0.230 e. The van der Waals surface area contributed by atoms with E-state index >= 15 is 0 Å². The molecule has 6 heteroatoms. The maximum Gasteiger partial charge on any atom is 0.230 e. The van der Waals surface area contributed by atoms with Crippen molar-refractivity contribution in [3.63, 3.8) is 0 Å². The van der Waals surface area contributed by atoms with Gasteiger partial charge in [0, 0.05) is 10.6 Å². The van der Waals surface area contributed by atoms with Crippen LogP contribution in [0.1, 0.15) is 5.56 Å². The summed E-state index contributed by atoms with van der Waals surface area (Å²) >= 11 is 7.70. The molecule has 0 saturated carbocycles. The quantitative estimate of drug-likeness (QED) is 0.764. The van der Waals surface area contributed by atoms with Gasteiger partial charge in [-0.3, -0.25) is 0 Å². The molecule has 3 rings (SSSR count). The molecule has 108 valence electrons. The fourth-order valence-corrected chi connectivity index (χ4v) is 3.29. The lowest BCUT2D eigenvalue weighted by Gasteiger charge is -2.09. The van der Waals surface area contributed by atoms with Crippen LogP contribution in [-0.4, -0.2) is 12.3 Å². The zero-order valence-corrected chi connectivity index (χ0v) is 13.1. The highest BCUT2D eigenvalue weighted by molar-refractivity contribution is 7.13. The molecule has 0 aliphatic heterocycles. The van der Waals surface area contributed by atoms with E-state index in [1.165, 1.54) is 0 Å². The third kappa shape index (κ3) is 2.39. The van der Waals surface area contributed by atoms with Crippen molar-refractivity contribution in [1.82, 2.24) is 5.16 Å². The van der Waals surface area contributed by atoms with E-state index in [1.807, 2.05) is 18.4 Å². The van der Waals surface area contributed by atoms with Crippen molar-refractivity contribution in [2.75, 3.05) is 12.8 Å². The zero-order valence-electron chi connectivity index (χ0n) is 11.5. The highest BCUT2D eigenvalue weighted by atomic mass is 35.5. The Kier molecular flexibility index (Phi) is 3.61. The third-order valence-corrected chi connectivity index (χ3v) is 4.48. The number of hydrogen-bond donors (Lipinski definition) is 1. The average molecular weight is 321 g/mol. The van der Waals surface area contributed by atoms with Crippen molar-refractivity contribution in [2.45, 2.75) is 6.92 Å². The summed E-state index contributed by atoms with van der Waals surface area (Å²) in [5, 5.41) is 6.72. The predicted octanol–water partition coefficient (Wildman–Crippen LogP) is 4.62. The number of nitrogen functional groups attached to an aromatic ring is 1. The second-order valence-corrected chi connectivity index (χ2v) is 5.90. The maximum atomic E-state index is 6.11. The van der Waals surface area contributed by atoms with Gasteiger partial charge in [-0.2, -0.15) is 0 Å². The number of nitrogens with zero attached hydrogens (tertiary/aromatic N) is 1. The summed E-state index contributed by atoms with van der Waals surface area (Å²) in [6.45, 7) is 2.02. The molecule has 0 radical (unpaired) electrons. The van der Waals surface area contributed by atoms with Crippen LogP contribution < -0.4 is 10.5 Å². The Morgan fingerprint density at radius 2 is 2.14 bits per heavy atom. The number of benzene rings is 1. The lowest BCUT2D eigenvalue weighted by atomic mass is 10.0. The lowest BCUT2D eigenvalue weighted by molar-refractivity contribution is 0.416. The maximum absolute atomic E-state index is 6.11. The van der Waals surface area contributed by atoms with Crippen LogP contribution in [0.15, 0.2) is 34.2 Å². The van der Waals surface area contributed by atoms with Gasteiger partial charge in [0.05, 0.1) is 17.6 Å². The Morgan fingerprint density at radius 1 is 1.33 bits per heavy atom. The number of anilines is 1. The van der Waals surface area contributed by atoms with Crippen molar-refractivity contribution in [3.05, 3.63) is 40.2 Å². The zero-order chi connectivity index (χ0) is 15.0. The van der Waals surface area contributed by atoms with Crippen molar-refractivity contribution < 1.29 is 9.26 Å². The van der Waals surface area contributed by atoms with Crippen LogP contribution in [0.2, 0.25) is 5.02 Å². The summed E-state index contributed by atoms with van der Waals surface area (Å²) in [6, 6.07) is 7.40. The fourth-order valence-electron chi connectivity index (χ4n) is 2.21. The van der Waals surface area contributed by atoms with E-state index in [0.717, 1.165) is 16.0 Å². The second kappa shape index (κ2) is 5.42. The van der Waals surface area contributed by atoms with Crippen molar-refractivity contribution in [1.29, 1.82) is 0 Å². The van der Waals surface area contributed by atoms with Gasteiger partial charge in [0.2, 0.25) is 5.88 Å². The minimum atomic E-state index is 0.248. The molecular formula is C15H13ClN2O2S. The van der Waals surface area contributed by atoms with Crippen molar-refractivity contribution >= 4 is 28.8 Å². The Balaban J connectivity index is 2.27. The number of ether oxygens (including phenoxy) is 1. The molecule has 0 bridgehead atoms. The monoisotopic (exact) mass is 320 g/mol. The van der Waals surface area contributed by atoms with Crippen LogP contribution in [0.4, 0.5) is 5.88 Å². The standard InChI is InChI=1S/C15H13ClN2O2S/c1-8-5-6-21-14(8)13-12(15(17)20-18-13)10-7-9(16)3-4-11(10)19-2/h3-7H,17H2,1-2H3. The van der Waals surface area contributed by atoms with E-state index in [2.05, 4.69) is 5.16 Å². The van der Waals surface area contributed by atoms with Gasteiger partial charge in [0.15, 0.2) is 0 Å². The average Bonchev–Trinajstić information content (AvgIpc) is 3.04. The molecule has 4 nitrogen and oxygen atoms in total. The minimum Gasteiger partial charge on any atom is -0.496 e. The molecule has 0 aliphatic rings. The molecule has 2 N–H and O–H groups in total. The first-order valence-electron chi connectivity index (χ1n) is 6.25. The van der Waals surface area contributed by atoms with Crippen LogP contribution >= 0.6 is 22.9 Å². The number of thiophene rings is 1. The highest BCUT2D eigenvalue weighted by Gasteiger charge is 2.22. The predicted molar refractivity (Wildman–Crippen MR) is 86.0 cm³/mol. The third-order valence-electron chi connectivity index (χ3n) is 3.23. The summed E-state index contributed by atoms with van der Waals surface area (Å²) in [4.78, 5) is 1.02. The number of halogens is 1. The first kappa shape index (κ1) is 14.0. The van der Waals surface area contributed by atoms with Gasteiger partial charge in [-0.05, 0) is 42.1 Å². The van der Waals surface area contributed by atoms with E-state index in [4.69, 9.17) is 26.6 Å². The Morgan fingerprint density at radius 3 is 2.81 bits per heavy atom. The molecule has 0 fully saturated rings. The summed E-state index contributed by atoms with van der Waals surface area (Å²) in [5.41, 5.74) is 9.29. The summed E-state index contributed by atoms with van der Waals surface area (Å²) in [5.74, 6) is 0.920. The SMILES string of the molecule is COc1ccc(Cl)cc1-c1c(-c2sccc2C)noc1N. The van der Waals surface area contributed by atoms with Gasteiger partial charge in [-0.15, -0.1) is 11.3 Å². The number of aryl methyl sites for hydroxylation is 1. The highest BCUT2D eigenvalue weighted by Crippen LogP contribution is 2.43. The number of methoxy groups -OCH3 is 1. The van der Waals surface area contributed by atoms with Crippen LogP contribution in [-0.2, 0) is 0 Å². The van der Waals surface area contributed by atoms with E-state index in [1.54, 1.807) is 36.6 Å². The summed E-state index contributed by atoms with van der Waals surface area (Å²) in [6.07, 6.45) is 0. The summed E-state index contributed by atoms with van der Waals surface area (Å²) < 4.78 is 10.6. The van der Waals surface area contributed by atoms with Gasteiger partial charge in [-0.25, -0.2) is 0 Å². The van der Waals surface area contributed by atoms with Crippen molar-refractivity contribution in [3.8, 4) is 27.4 Å². The van der Waals surface area contributed by atoms with E-state index in [0.29, 0.717) is 22.0 Å². The number of hydrogen-bond acceptors (Lipinski definition) is 5. The van der Waals surface area contributed by atoms with E-state index in [-0.39, 0.29) is 5.88 Å². The second-order valence-electron chi connectivity index (χ2n) is 4.55. The Labute approximate surface area is 131 Å². The first-order chi connectivity index (χ1) is 10.1. The van der Waals surface area contributed by atoms with Gasteiger partial charge >= 0.3 is 0 Å². The molecule has 0 saturated heterocycles. The van der Waals surface area contributed by atoms with Crippen molar-refractivity contribution in [2.24, 2.45) is 0 Å². The van der Waals surface area contributed by atoms with Gasteiger partial charge < -0.3 is 15.0 Å². The number of aromatic nitrogens is 1. The lowest BCUT2D eigenvalue weighted by Crippen LogP contribution is -1.92.